The molecule has 158 valence electrons. The van der Waals surface area contributed by atoms with Gasteiger partial charge in [-0.3, -0.25) is 10.1 Å². The Balaban J connectivity index is 1.82. The number of aromatic nitrogens is 2. The zero-order valence-corrected chi connectivity index (χ0v) is 18.2. The molecule has 0 bridgehead atoms. The minimum Gasteiger partial charge on any atom is -0.484 e. The molecule has 0 unspecified atom stereocenters. The van der Waals surface area contributed by atoms with E-state index < -0.39 is 4.92 Å². The molecule has 7 nitrogen and oxygen atoms in total. The topological polar surface area (TPSA) is 91.3 Å². The highest BCUT2D eigenvalue weighted by Gasteiger charge is 2.22. The molecule has 0 aliphatic carbocycles. The number of benzene rings is 2. The van der Waals surface area contributed by atoms with E-state index in [1.165, 1.54) is 35.4 Å². The van der Waals surface area contributed by atoms with Crippen LogP contribution >= 0.6 is 0 Å². The Morgan fingerprint density at radius 3 is 2.00 bits per heavy atom. The summed E-state index contributed by atoms with van der Waals surface area (Å²) in [5, 5.41) is 19.0. The second-order valence-corrected chi connectivity index (χ2v) is 9.34. The number of rotatable bonds is 5. The quantitative estimate of drug-likeness (QED) is 0.389. The van der Waals surface area contributed by atoms with Crippen LogP contribution in [-0.2, 0) is 17.4 Å². The van der Waals surface area contributed by atoms with Crippen molar-refractivity contribution in [1.82, 2.24) is 10.2 Å². The molecule has 0 aliphatic rings. The standard InChI is InChI=1S/C23H27N3O4/c1-22(2,3)16-11-15(12-17(13-16)23(4,5)6)21-25-24-20(30-21)14-29-19-9-7-18(8-10-19)26(27)28/h7-13H,14H2,1-6H3. The van der Waals surface area contributed by atoms with Gasteiger partial charge in [-0.05, 0) is 46.2 Å². The molecule has 0 atom stereocenters. The van der Waals surface area contributed by atoms with Crippen LogP contribution < -0.4 is 4.74 Å². The number of ether oxygens (including phenoxy) is 1. The van der Waals surface area contributed by atoms with Gasteiger partial charge in [0.15, 0.2) is 6.61 Å². The number of non-ortho nitro benzene ring substituents is 1. The van der Waals surface area contributed by atoms with Crippen LogP contribution in [0.1, 0.15) is 58.6 Å². The van der Waals surface area contributed by atoms with Crippen molar-refractivity contribution < 1.29 is 14.1 Å². The molecular formula is C23H27N3O4. The number of nitro groups is 1. The second kappa shape index (κ2) is 7.89. The molecule has 30 heavy (non-hydrogen) atoms. The maximum absolute atomic E-state index is 10.7. The summed E-state index contributed by atoms with van der Waals surface area (Å²) in [6, 6.07) is 12.3. The van der Waals surface area contributed by atoms with E-state index in [1.54, 1.807) is 0 Å². The molecule has 0 amide bonds. The molecule has 1 heterocycles. The Morgan fingerprint density at radius 1 is 0.933 bits per heavy atom. The minimum atomic E-state index is -0.453. The van der Waals surface area contributed by atoms with E-state index in [0.717, 1.165) is 5.56 Å². The zero-order valence-electron chi connectivity index (χ0n) is 18.2. The van der Waals surface area contributed by atoms with Gasteiger partial charge in [0.2, 0.25) is 5.89 Å². The lowest BCUT2D eigenvalue weighted by molar-refractivity contribution is -0.384. The normalized spacial score (nSPS) is 12.1. The van der Waals surface area contributed by atoms with Crippen molar-refractivity contribution in [2.24, 2.45) is 0 Å². The predicted octanol–water partition coefficient (Wildman–Crippen LogP) is 5.82. The Hall–Kier alpha value is -3.22. The minimum absolute atomic E-state index is 0.0100. The van der Waals surface area contributed by atoms with Gasteiger partial charge in [0.05, 0.1) is 4.92 Å². The zero-order chi connectivity index (χ0) is 22.1. The highest BCUT2D eigenvalue weighted by atomic mass is 16.6. The Kier molecular flexibility index (Phi) is 5.65. The van der Waals surface area contributed by atoms with Gasteiger partial charge >= 0.3 is 0 Å². The molecule has 0 radical (unpaired) electrons. The van der Waals surface area contributed by atoms with Gasteiger partial charge in [-0.1, -0.05) is 47.6 Å². The average Bonchev–Trinajstić information content (AvgIpc) is 3.14. The summed E-state index contributed by atoms with van der Waals surface area (Å²) in [5.41, 5.74) is 3.26. The molecule has 3 aromatic rings. The van der Waals surface area contributed by atoms with Crippen molar-refractivity contribution in [3.8, 4) is 17.2 Å². The maximum Gasteiger partial charge on any atom is 0.269 e. The fourth-order valence-corrected chi connectivity index (χ4v) is 2.85. The lowest BCUT2D eigenvalue weighted by atomic mass is 9.79. The molecule has 0 saturated heterocycles. The molecule has 0 spiro atoms. The van der Waals surface area contributed by atoms with Crippen LogP contribution in [-0.4, -0.2) is 15.1 Å². The van der Waals surface area contributed by atoms with Gasteiger partial charge in [-0.2, -0.15) is 0 Å². The molecule has 3 rings (SSSR count). The van der Waals surface area contributed by atoms with Gasteiger partial charge in [0.25, 0.3) is 11.6 Å². The van der Waals surface area contributed by atoms with Crippen molar-refractivity contribution in [2.75, 3.05) is 0 Å². The Labute approximate surface area is 176 Å². The van der Waals surface area contributed by atoms with Gasteiger partial charge in [-0.25, -0.2) is 0 Å². The summed E-state index contributed by atoms with van der Waals surface area (Å²) in [7, 11) is 0. The lowest BCUT2D eigenvalue weighted by Crippen LogP contribution is -2.16. The van der Waals surface area contributed by atoms with E-state index >= 15 is 0 Å². The van der Waals surface area contributed by atoms with Gasteiger partial charge in [0, 0.05) is 17.7 Å². The molecule has 0 aliphatic heterocycles. The van der Waals surface area contributed by atoms with Crippen LogP contribution in [0.3, 0.4) is 0 Å². The first kappa shape index (κ1) is 21.5. The van der Waals surface area contributed by atoms with Crippen LogP contribution in [0.15, 0.2) is 46.9 Å². The van der Waals surface area contributed by atoms with E-state index in [-0.39, 0.29) is 23.1 Å². The molecule has 0 fully saturated rings. The third-order valence-electron chi connectivity index (χ3n) is 4.79. The van der Waals surface area contributed by atoms with Crippen molar-refractivity contribution in [3.63, 3.8) is 0 Å². The fourth-order valence-electron chi connectivity index (χ4n) is 2.85. The van der Waals surface area contributed by atoms with Crippen molar-refractivity contribution in [3.05, 3.63) is 69.6 Å². The Morgan fingerprint density at radius 2 is 1.50 bits per heavy atom. The van der Waals surface area contributed by atoms with Crippen molar-refractivity contribution in [1.29, 1.82) is 0 Å². The molecule has 0 N–H and O–H groups in total. The number of hydrogen-bond donors (Lipinski definition) is 0. The van der Waals surface area contributed by atoms with Gasteiger partial charge in [-0.15, -0.1) is 10.2 Å². The van der Waals surface area contributed by atoms with E-state index in [4.69, 9.17) is 9.15 Å². The molecule has 7 heteroatoms. The van der Waals surface area contributed by atoms with Crippen LogP contribution in [0.5, 0.6) is 5.75 Å². The summed E-state index contributed by atoms with van der Waals surface area (Å²) in [4.78, 5) is 10.3. The molecule has 1 aromatic heterocycles. The van der Waals surface area contributed by atoms with Gasteiger partial charge in [0.1, 0.15) is 5.75 Å². The monoisotopic (exact) mass is 409 g/mol. The number of nitrogens with zero attached hydrogens (tertiary/aromatic N) is 3. The number of hydrogen-bond acceptors (Lipinski definition) is 6. The van der Waals surface area contributed by atoms with Crippen LogP contribution in [0, 0.1) is 10.1 Å². The summed E-state index contributed by atoms with van der Waals surface area (Å²) < 4.78 is 11.4. The maximum atomic E-state index is 10.7. The summed E-state index contributed by atoms with van der Waals surface area (Å²) in [6.07, 6.45) is 0. The third-order valence-corrected chi connectivity index (χ3v) is 4.79. The van der Waals surface area contributed by atoms with E-state index in [1.807, 2.05) is 0 Å². The molecule has 2 aromatic carbocycles. The SMILES string of the molecule is CC(C)(C)c1cc(-c2nnc(COc3ccc([N+](=O)[O-])cc3)o2)cc(C(C)(C)C)c1. The predicted molar refractivity (Wildman–Crippen MR) is 115 cm³/mol. The van der Waals surface area contributed by atoms with E-state index in [0.29, 0.717) is 17.5 Å². The van der Waals surface area contributed by atoms with E-state index in [9.17, 15) is 10.1 Å². The fraction of sp³-hybridized carbons (Fsp3) is 0.391. The summed E-state index contributed by atoms with van der Waals surface area (Å²) in [5.74, 6) is 1.26. The van der Waals surface area contributed by atoms with E-state index in [2.05, 4.69) is 69.9 Å². The highest BCUT2D eigenvalue weighted by molar-refractivity contribution is 5.57. The van der Waals surface area contributed by atoms with Crippen LogP contribution in [0.4, 0.5) is 5.69 Å². The lowest BCUT2D eigenvalue weighted by Gasteiger charge is -2.25. The highest BCUT2D eigenvalue weighted by Crippen LogP contribution is 2.33. The van der Waals surface area contributed by atoms with Gasteiger partial charge < -0.3 is 9.15 Å². The molecular weight excluding hydrogens is 382 g/mol. The van der Waals surface area contributed by atoms with Crippen LogP contribution in [0.2, 0.25) is 0 Å². The largest absolute Gasteiger partial charge is 0.484 e. The first-order valence-electron chi connectivity index (χ1n) is 9.79. The summed E-state index contributed by atoms with van der Waals surface area (Å²) >= 11 is 0. The third kappa shape index (κ3) is 5.03. The number of nitro benzene ring substituents is 1. The summed E-state index contributed by atoms with van der Waals surface area (Å²) in [6.45, 7) is 13.1. The average molecular weight is 409 g/mol. The first-order valence-corrected chi connectivity index (χ1v) is 9.79. The molecule has 0 saturated carbocycles. The first-order chi connectivity index (χ1) is 13.9. The van der Waals surface area contributed by atoms with Crippen LogP contribution in [0.25, 0.3) is 11.5 Å². The second-order valence-electron chi connectivity index (χ2n) is 9.34. The Bertz CT molecular complexity index is 1010. The van der Waals surface area contributed by atoms with Crippen molar-refractivity contribution >= 4 is 5.69 Å². The smallest absolute Gasteiger partial charge is 0.269 e. The van der Waals surface area contributed by atoms with Crippen molar-refractivity contribution in [2.45, 2.75) is 59.0 Å².